The van der Waals surface area contributed by atoms with Gasteiger partial charge < -0.3 is 11.1 Å². The Morgan fingerprint density at radius 1 is 1.14 bits per heavy atom. The van der Waals surface area contributed by atoms with E-state index in [9.17, 15) is 4.79 Å². The molecule has 0 fully saturated rings. The van der Waals surface area contributed by atoms with Crippen molar-refractivity contribution in [2.75, 3.05) is 5.32 Å². The summed E-state index contributed by atoms with van der Waals surface area (Å²) in [4.78, 5) is 17.9. The lowest BCUT2D eigenvalue weighted by molar-refractivity contribution is -0.115. The van der Waals surface area contributed by atoms with Crippen molar-refractivity contribution in [3.8, 4) is 11.4 Å². The van der Waals surface area contributed by atoms with Crippen LogP contribution in [-0.4, -0.2) is 20.7 Å². The molecule has 0 bridgehead atoms. The number of amides is 1. The number of rotatable bonds is 3. The van der Waals surface area contributed by atoms with Gasteiger partial charge >= 0.3 is 0 Å². The molecule has 0 aliphatic carbocycles. The Hall–Kier alpha value is -3.45. The monoisotopic (exact) mass is 387 g/mol. The average Bonchev–Trinajstić information content (AvgIpc) is 3.36. The van der Waals surface area contributed by atoms with Gasteiger partial charge in [-0.1, -0.05) is 48.5 Å². The molecule has 0 saturated carbocycles. The molecule has 6 nitrogen and oxygen atoms in total. The number of allylic oxidation sites excluding steroid dienone is 1. The standard InChI is InChI=1S/C21H17N5OS/c1-12-17(19(22)27)18(16-10-5-11-28-16)26-21(23-12)24-20(25-26)15-9-4-7-13-6-2-3-8-14(13)15/h2-11,18H,1H3,(H2,22,27)(H,23,24,25). The molecule has 1 unspecified atom stereocenters. The Kier molecular flexibility index (Phi) is 3.77. The summed E-state index contributed by atoms with van der Waals surface area (Å²) in [5.74, 6) is 0.750. The fraction of sp³-hybridized carbons (Fsp3) is 0.0952. The van der Waals surface area contributed by atoms with Crippen molar-refractivity contribution < 1.29 is 4.79 Å². The molecule has 2 aromatic heterocycles. The minimum absolute atomic E-state index is 0.384. The number of hydrogen-bond acceptors (Lipinski definition) is 5. The highest BCUT2D eigenvalue weighted by molar-refractivity contribution is 7.10. The molecule has 0 radical (unpaired) electrons. The van der Waals surface area contributed by atoms with Gasteiger partial charge in [0.1, 0.15) is 6.04 Å². The Labute approximate surface area is 165 Å². The average molecular weight is 387 g/mol. The van der Waals surface area contributed by atoms with Crippen LogP contribution >= 0.6 is 11.3 Å². The van der Waals surface area contributed by atoms with E-state index in [2.05, 4.69) is 23.5 Å². The van der Waals surface area contributed by atoms with Gasteiger partial charge in [0.25, 0.3) is 0 Å². The number of nitrogens with zero attached hydrogens (tertiary/aromatic N) is 3. The van der Waals surface area contributed by atoms with Crippen LogP contribution in [0.25, 0.3) is 22.2 Å². The molecular formula is C21H17N5OS. The predicted molar refractivity (Wildman–Crippen MR) is 111 cm³/mol. The third kappa shape index (κ3) is 2.51. The van der Waals surface area contributed by atoms with Gasteiger partial charge in [-0.3, -0.25) is 4.79 Å². The highest BCUT2D eigenvalue weighted by Crippen LogP contribution is 2.38. The van der Waals surface area contributed by atoms with Gasteiger partial charge in [0, 0.05) is 16.1 Å². The Bertz CT molecular complexity index is 1230. The largest absolute Gasteiger partial charge is 0.366 e. The summed E-state index contributed by atoms with van der Waals surface area (Å²) in [6, 6.07) is 17.8. The minimum Gasteiger partial charge on any atom is -0.366 e. The van der Waals surface area contributed by atoms with Gasteiger partial charge in [-0.25, -0.2) is 4.68 Å². The first-order valence-electron chi connectivity index (χ1n) is 8.89. The Morgan fingerprint density at radius 2 is 1.96 bits per heavy atom. The number of benzene rings is 2. The van der Waals surface area contributed by atoms with E-state index in [-0.39, 0.29) is 6.04 Å². The molecule has 1 amide bonds. The Morgan fingerprint density at radius 3 is 2.75 bits per heavy atom. The van der Waals surface area contributed by atoms with Crippen LogP contribution in [0.4, 0.5) is 5.95 Å². The van der Waals surface area contributed by atoms with Crippen LogP contribution in [0.3, 0.4) is 0 Å². The fourth-order valence-electron chi connectivity index (χ4n) is 3.71. The van der Waals surface area contributed by atoms with Crippen LogP contribution in [0.1, 0.15) is 17.8 Å². The quantitative estimate of drug-likeness (QED) is 0.558. The van der Waals surface area contributed by atoms with Crippen LogP contribution in [0, 0.1) is 0 Å². The topological polar surface area (TPSA) is 85.8 Å². The SMILES string of the molecule is CC1=C(C(N)=O)C(c2cccs2)n2nc(-c3cccc4ccccc34)nc2N1. The molecular weight excluding hydrogens is 370 g/mol. The number of anilines is 1. The van der Waals surface area contributed by atoms with Gasteiger partial charge in [-0.2, -0.15) is 4.98 Å². The molecule has 3 N–H and O–H groups in total. The van der Waals surface area contributed by atoms with Gasteiger partial charge in [0.05, 0.1) is 5.57 Å². The molecule has 138 valence electrons. The number of thiophene rings is 1. The molecule has 0 saturated heterocycles. The van der Waals surface area contributed by atoms with Crippen LogP contribution in [0.2, 0.25) is 0 Å². The zero-order valence-corrected chi connectivity index (χ0v) is 15.9. The van der Waals surface area contributed by atoms with Gasteiger partial charge in [0.2, 0.25) is 11.9 Å². The number of aromatic nitrogens is 3. The number of nitrogens with two attached hydrogens (primary N) is 1. The lowest BCUT2D eigenvalue weighted by Gasteiger charge is -2.26. The second-order valence-electron chi connectivity index (χ2n) is 6.68. The maximum absolute atomic E-state index is 12.2. The van der Waals surface area contributed by atoms with Crippen molar-refractivity contribution in [2.24, 2.45) is 5.73 Å². The highest BCUT2D eigenvalue weighted by Gasteiger charge is 2.34. The summed E-state index contributed by atoms with van der Waals surface area (Å²) < 4.78 is 1.76. The zero-order chi connectivity index (χ0) is 19.3. The summed E-state index contributed by atoms with van der Waals surface area (Å²) in [6.45, 7) is 1.84. The zero-order valence-electron chi connectivity index (χ0n) is 15.1. The van der Waals surface area contributed by atoms with Gasteiger partial charge in [-0.15, -0.1) is 16.4 Å². The first kappa shape index (κ1) is 16.7. The summed E-state index contributed by atoms with van der Waals surface area (Å²) in [7, 11) is 0. The smallest absolute Gasteiger partial charge is 0.248 e. The maximum atomic E-state index is 12.2. The van der Waals surface area contributed by atoms with E-state index in [1.54, 1.807) is 16.0 Å². The van der Waals surface area contributed by atoms with Crippen molar-refractivity contribution in [2.45, 2.75) is 13.0 Å². The molecule has 0 spiro atoms. The van der Waals surface area contributed by atoms with Crippen molar-refractivity contribution in [3.63, 3.8) is 0 Å². The number of hydrogen-bond donors (Lipinski definition) is 2. The maximum Gasteiger partial charge on any atom is 0.248 e. The van der Waals surface area contributed by atoms with Crippen LogP contribution in [0.15, 0.2) is 71.2 Å². The molecule has 3 heterocycles. The molecule has 4 aromatic rings. The summed E-state index contributed by atoms with van der Waals surface area (Å²) in [6.07, 6.45) is 0. The number of carbonyl (C=O) groups is 1. The number of nitrogens with one attached hydrogen (secondary N) is 1. The normalized spacial score (nSPS) is 16.1. The van der Waals surface area contributed by atoms with Gasteiger partial charge in [0.15, 0.2) is 5.82 Å². The molecule has 5 rings (SSSR count). The van der Waals surface area contributed by atoms with E-state index in [1.165, 1.54) is 0 Å². The highest BCUT2D eigenvalue weighted by atomic mass is 32.1. The number of primary amides is 1. The number of carbonyl (C=O) groups excluding carboxylic acids is 1. The van der Waals surface area contributed by atoms with E-state index in [0.717, 1.165) is 21.2 Å². The van der Waals surface area contributed by atoms with Gasteiger partial charge in [-0.05, 0) is 29.1 Å². The molecule has 2 aromatic carbocycles. The second kappa shape index (κ2) is 6.31. The molecule has 28 heavy (non-hydrogen) atoms. The van der Waals surface area contributed by atoms with Crippen LogP contribution in [0.5, 0.6) is 0 Å². The van der Waals surface area contributed by atoms with E-state index in [0.29, 0.717) is 23.0 Å². The van der Waals surface area contributed by atoms with Crippen molar-refractivity contribution in [3.05, 3.63) is 76.1 Å². The molecule has 1 aliphatic rings. The van der Waals surface area contributed by atoms with Crippen LogP contribution in [-0.2, 0) is 4.79 Å². The summed E-state index contributed by atoms with van der Waals surface area (Å²) >= 11 is 1.57. The third-order valence-corrected chi connectivity index (χ3v) is 5.89. The van der Waals surface area contributed by atoms with Crippen molar-refractivity contribution in [1.29, 1.82) is 0 Å². The van der Waals surface area contributed by atoms with Crippen molar-refractivity contribution in [1.82, 2.24) is 14.8 Å². The van der Waals surface area contributed by atoms with Crippen LogP contribution < -0.4 is 11.1 Å². The fourth-order valence-corrected chi connectivity index (χ4v) is 4.53. The first-order valence-corrected chi connectivity index (χ1v) is 9.77. The lowest BCUT2D eigenvalue weighted by atomic mass is 10.0. The van der Waals surface area contributed by atoms with E-state index >= 15 is 0 Å². The predicted octanol–water partition coefficient (Wildman–Crippen LogP) is 3.93. The third-order valence-electron chi connectivity index (χ3n) is 4.96. The lowest BCUT2D eigenvalue weighted by Crippen LogP contribution is -2.31. The molecule has 7 heteroatoms. The molecule has 1 aliphatic heterocycles. The number of fused-ring (bicyclic) bond motifs is 2. The first-order chi connectivity index (χ1) is 13.6. The molecule has 1 atom stereocenters. The minimum atomic E-state index is -0.462. The summed E-state index contributed by atoms with van der Waals surface area (Å²) in [5, 5.41) is 12.2. The second-order valence-corrected chi connectivity index (χ2v) is 7.66. The summed E-state index contributed by atoms with van der Waals surface area (Å²) in [5.41, 5.74) is 7.87. The van der Waals surface area contributed by atoms with E-state index in [4.69, 9.17) is 15.8 Å². The van der Waals surface area contributed by atoms with E-state index < -0.39 is 5.91 Å². The van der Waals surface area contributed by atoms with Crippen molar-refractivity contribution >= 4 is 34.0 Å². The van der Waals surface area contributed by atoms with E-state index in [1.807, 2.05) is 48.7 Å². The Balaban J connectivity index is 1.71.